The van der Waals surface area contributed by atoms with Gasteiger partial charge in [-0.3, -0.25) is 0 Å². The molecule has 0 radical (unpaired) electrons. The van der Waals surface area contributed by atoms with Gasteiger partial charge < -0.3 is 0 Å². The summed E-state index contributed by atoms with van der Waals surface area (Å²) < 4.78 is 0. The van der Waals surface area contributed by atoms with Crippen molar-refractivity contribution in [2.75, 3.05) is 37.7 Å². The first kappa shape index (κ1) is 10.5. The Morgan fingerprint density at radius 1 is 1.43 bits per heavy atom. The molecule has 1 saturated heterocycles. The van der Waals surface area contributed by atoms with Crippen LogP contribution in [-0.4, -0.2) is 72.7 Å². The van der Waals surface area contributed by atoms with Crippen LogP contribution < -0.4 is 0 Å². The first-order chi connectivity index (χ1) is 6.75. The quantitative estimate of drug-likeness (QED) is 0.662. The molecule has 2 aliphatic heterocycles. The van der Waals surface area contributed by atoms with Crippen molar-refractivity contribution in [3.8, 4) is 0 Å². The van der Waals surface area contributed by atoms with Gasteiger partial charge in [0.05, 0.1) is 0 Å². The second-order valence-electron chi connectivity index (χ2n) is 3.86. The van der Waals surface area contributed by atoms with Crippen molar-refractivity contribution in [2.24, 2.45) is 0 Å². The summed E-state index contributed by atoms with van der Waals surface area (Å²) in [6.45, 7) is 2.88. The Morgan fingerprint density at radius 3 is 2.93 bits per heavy atom. The van der Waals surface area contributed by atoms with Crippen LogP contribution in [0.1, 0.15) is 6.42 Å². The van der Waals surface area contributed by atoms with E-state index in [9.17, 15) is 5.21 Å². The third-order valence-corrected chi connectivity index (χ3v) is 4.66. The zero-order valence-corrected chi connectivity index (χ0v) is 10.2. The van der Waals surface area contributed by atoms with Crippen LogP contribution in [0.3, 0.4) is 0 Å². The van der Waals surface area contributed by atoms with E-state index in [2.05, 4.69) is 22.9 Å². The molecule has 0 unspecified atom stereocenters. The summed E-state index contributed by atoms with van der Waals surface area (Å²) in [6.07, 6.45) is 3.42. The van der Waals surface area contributed by atoms with Crippen LogP contribution in [0, 0.1) is 0 Å². The van der Waals surface area contributed by atoms with Crippen molar-refractivity contribution < 1.29 is 5.21 Å². The summed E-state index contributed by atoms with van der Waals surface area (Å²) in [5.74, 6) is 0. The number of hydrogen-bond acceptors (Lipinski definition) is 4. The van der Waals surface area contributed by atoms with E-state index in [1.54, 1.807) is 0 Å². The molecule has 5 heteroatoms. The molecule has 2 aliphatic rings. The van der Waals surface area contributed by atoms with Gasteiger partial charge in [-0.1, -0.05) is 0 Å². The molecule has 2 rings (SSSR count). The number of hydrogen-bond donors (Lipinski definition) is 1. The van der Waals surface area contributed by atoms with E-state index in [0.29, 0.717) is 21.6 Å². The van der Waals surface area contributed by atoms with Crippen molar-refractivity contribution in [2.45, 2.75) is 6.42 Å². The van der Waals surface area contributed by atoms with Gasteiger partial charge in [0.1, 0.15) is 0 Å². The monoisotopic (exact) mass is 263 g/mol. The number of likely N-dealkylation sites (N-methyl/N-ethyl adjacent to an activating group) is 1. The SMILES string of the molecule is CN1CC=C(N2C[Se]CN(O)C2)CC1. The molecule has 0 aromatic rings. The minimum atomic E-state index is 0.539. The summed E-state index contributed by atoms with van der Waals surface area (Å²) in [4.78, 5) is 4.63. The van der Waals surface area contributed by atoms with Crippen molar-refractivity contribution in [3.63, 3.8) is 0 Å². The van der Waals surface area contributed by atoms with Crippen molar-refractivity contribution in [1.82, 2.24) is 14.9 Å². The first-order valence-electron chi connectivity index (χ1n) is 4.90. The average molecular weight is 262 g/mol. The van der Waals surface area contributed by atoms with Gasteiger partial charge in [-0.05, 0) is 0 Å². The van der Waals surface area contributed by atoms with Gasteiger partial charge in [-0.2, -0.15) is 0 Å². The van der Waals surface area contributed by atoms with Gasteiger partial charge in [-0.15, -0.1) is 0 Å². The fourth-order valence-corrected chi connectivity index (χ4v) is 3.52. The first-order valence-corrected chi connectivity index (χ1v) is 7.32. The van der Waals surface area contributed by atoms with Crippen molar-refractivity contribution in [1.29, 1.82) is 0 Å². The molecule has 1 fully saturated rings. The van der Waals surface area contributed by atoms with Crippen LogP contribution in [0.25, 0.3) is 0 Å². The van der Waals surface area contributed by atoms with Crippen LogP contribution in [-0.2, 0) is 0 Å². The number of rotatable bonds is 1. The molecule has 0 spiro atoms. The molecular weight excluding hydrogens is 245 g/mol. The summed E-state index contributed by atoms with van der Waals surface area (Å²) in [6, 6.07) is 0. The summed E-state index contributed by atoms with van der Waals surface area (Å²) in [5, 5.41) is 10.9. The molecule has 0 amide bonds. The molecule has 0 atom stereocenters. The van der Waals surface area contributed by atoms with Gasteiger partial charge >= 0.3 is 90.9 Å². The van der Waals surface area contributed by atoms with Crippen LogP contribution in [0.5, 0.6) is 0 Å². The fourth-order valence-electron chi connectivity index (χ4n) is 1.76. The Labute approximate surface area is 91.3 Å². The molecule has 0 saturated carbocycles. The van der Waals surface area contributed by atoms with Crippen LogP contribution >= 0.6 is 0 Å². The normalized spacial score (nSPS) is 26.4. The molecule has 4 nitrogen and oxygen atoms in total. The van der Waals surface area contributed by atoms with Crippen molar-refractivity contribution in [3.05, 3.63) is 11.8 Å². The molecule has 14 heavy (non-hydrogen) atoms. The average Bonchev–Trinajstić information content (AvgIpc) is 2.19. The molecule has 0 aromatic heterocycles. The van der Waals surface area contributed by atoms with E-state index < -0.39 is 0 Å². The van der Waals surface area contributed by atoms with Crippen LogP contribution in [0.2, 0.25) is 0 Å². The van der Waals surface area contributed by atoms with Crippen molar-refractivity contribution >= 4 is 15.0 Å². The molecule has 0 aromatic carbocycles. The maximum absolute atomic E-state index is 9.43. The van der Waals surface area contributed by atoms with E-state index in [1.807, 2.05) is 0 Å². The Hall–Kier alpha value is -0.0605. The van der Waals surface area contributed by atoms with Gasteiger partial charge in [0, 0.05) is 0 Å². The zero-order valence-electron chi connectivity index (χ0n) is 8.52. The number of nitrogens with zero attached hydrogens (tertiary/aromatic N) is 3. The topological polar surface area (TPSA) is 30.0 Å². The molecule has 80 valence electrons. The third-order valence-electron chi connectivity index (χ3n) is 2.62. The summed E-state index contributed by atoms with van der Waals surface area (Å²) in [7, 11) is 2.14. The molecular formula is C9H17N3OSe. The molecule has 1 N–H and O–H groups in total. The Balaban J connectivity index is 1.94. The Kier molecular flexibility index (Phi) is 3.47. The predicted molar refractivity (Wildman–Crippen MR) is 56.0 cm³/mol. The van der Waals surface area contributed by atoms with Gasteiger partial charge in [0.2, 0.25) is 0 Å². The van der Waals surface area contributed by atoms with Crippen LogP contribution in [0.15, 0.2) is 11.8 Å². The third kappa shape index (κ3) is 2.49. The Morgan fingerprint density at radius 2 is 2.29 bits per heavy atom. The van der Waals surface area contributed by atoms with E-state index in [1.165, 1.54) is 10.8 Å². The standard InChI is InChI=1S/C9H17N3OSe/c1-10-4-2-9(3-5-10)11-6-12(13)8-14-7-11/h2,13H,3-8H2,1H3. The number of hydroxylamine groups is 2. The summed E-state index contributed by atoms with van der Waals surface area (Å²) >= 11 is 0.539. The second-order valence-corrected chi connectivity index (χ2v) is 5.80. The van der Waals surface area contributed by atoms with E-state index in [-0.39, 0.29) is 0 Å². The van der Waals surface area contributed by atoms with Gasteiger partial charge in [-0.25, -0.2) is 0 Å². The fraction of sp³-hybridized carbons (Fsp3) is 0.778. The minimum absolute atomic E-state index is 0.539. The van der Waals surface area contributed by atoms with E-state index in [0.717, 1.165) is 30.4 Å². The van der Waals surface area contributed by atoms with E-state index in [4.69, 9.17) is 0 Å². The summed E-state index contributed by atoms with van der Waals surface area (Å²) in [5.41, 5.74) is 3.44. The predicted octanol–water partition coefficient (Wildman–Crippen LogP) is -0.211. The molecule has 0 aliphatic carbocycles. The van der Waals surface area contributed by atoms with Crippen LogP contribution in [0.4, 0.5) is 0 Å². The molecule has 0 bridgehead atoms. The molecule has 2 heterocycles. The van der Waals surface area contributed by atoms with E-state index >= 15 is 0 Å². The van der Waals surface area contributed by atoms with Gasteiger partial charge in [0.25, 0.3) is 0 Å². The zero-order chi connectivity index (χ0) is 9.97. The Bertz CT molecular complexity index is 234. The maximum atomic E-state index is 9.43. The second kappa shape index (κ2) is 4.64. The van der Waals surface area contributed by atoms with Gasteiger partial charge in [0.15, 0.2) is 0 Å².